The van der Waals surface area contributed by atoms with Crippen molar-refractivity contribution in [2.45, 2.75) is 33.7 Å². The molecule has 132 valence electrons. The predicted molar refractivity (Wildman–Crippen MR) is 108 cm³/mol. The number of hydrogen-bond acceptors (Lipinski definition) is 3. The SMILES string of the molecule is CCNC(=NCc1ccc(C)cc1C)NCCCS(C)(=O)=O.I. The van der Waals surface area contributed by atoms with E-state index < -0.39 is 9.84 Å². The maximum atomic E-state index is 11.1. The Labute approximate surface area is 157 Å². The van der Waals surface area contributed by atoms with Crippen LogP contribution in [0.15, 0.2) is 23.2 Å². The normalized spacial score (nSPS) is 11.7. The average Bonchev–Trinajstić information content (AvgIpc) is 2.41. The average molecular weight is 453 g/mol. The Morgan fingerprint density at radius 1 is 1.22 bits per heavy atom. The standard InChI is InChI=1S/C16H27N3O2S.HI/c1-5-17-16(18-9-6-10-22(4,20)21)19-12-15-8-7-13(2)11-14(15)3;/h7-8,11H,5-6,9-10,12H2,1-4H3,(H2,17,18,19);1H. The molecule has 0 spiro atoms. The Bertz CT molecular complexity index is 616. The van der Waals surface area contributed by atoms with E-state index in [1.54, 1.807) is 0 Å². The van der Waals surface area contributed by atoms with Gasteiger partial charge >= 0.3 is 0 Å². The first-order valence-corrected chi connectivity index (χ1v) is 9.64. The van der Waals surface area contributed by atoms with E-state index in [4.69, 9.17) is 0 Å². The number of nitrogens with one attached hydrogen (secondary N) is 2. The van der Waals surface area contributed by atoms with Crippen LogP contribution >= 0.6 is 24.0 Å². The molecule has 1 rings (SSSR count). The molecule has 0 aliphatic heterocycles. The monoisotopic (exact) mass is 453 g/mol. The Hall–Kier alpha value is -0.830. The van der Waals surface area contributed by atoms with Crippen molar-refractivity contribution in [3.63, 3.8) is 0 Å². The molecule has 5 nitrogen and oxygen atoms in total. The van der Waals surface area contributed by atoms with Gasteiger partial charge in [0.25, 0.3) is 0 Å². The molecule has 0 aliphatic carbocycles. The summed E-state index contributed by atoms with van der Waals surface area (Å²) < 4.78 is 22.2. The third-order valence-corrected chi connectivity index (χ3v) is 4.26. The maximum absolute atomic E-state index is 11.1. The molecular weight excluding hydrogens is 425 g/mol. The van der Waals surface area contributed by atoms with E-state index in [1.807, 2.05) is 6.92 Å². The Morgan fingerprint density at radius 3 is 2.48 bits per heavy atom. The third kappa shape index (κ3) is 9.80. The number of benzene rings is 1. The summed E-state index contributed by atoms with van der Waals surface area (Å²) >= 11 is 0. The highest BCUT2D eigenvalue weighted by molar-refractivity contribution is 14.0. The largest absolute Gasteiger partial charge is 0.357 e. The molecule has 0 fully saturated rings. The first kappa shape index (κ1) is 22.2. The zero-order chi connectivity index (χ0) is 16.6. The summed E-state index contributed by atoms with van der Waals surface area (Å²) in [5.74, 6) is 0.909. The van der Waals surface area contributed by atoms with E-state index >= 15 is 0 Å². The topological polar surface area (TPSA) is 70.6 Å². The van der Waals surface area contributed by atoms with E-state index in [-0.39, 0.29) is 29.7 Å². The van der Waals surface area contributed by atoms with Crippen molar-refractivity contribution in [2.75, 3.05) is 25.1 Å². The lowest BCUT2D eigenvalue weighted by Crippen LogP contribution is -2.38. The maximum Gasteiger partial charge on any atom is 0.191 e. The van der Waals surface area contributed by atoms with Gasteiger partial charge in [-0.2, -0.15) is 0 Å². The number of aliphatic imine (C=N–C) groups is 1. The van der Waals surface area contributed by atoms with Crippen molar-refractivity contribution >= 4 is 39.8 Å². The van der Waals surface area contributed by atoms with E-state index in [2.05, 4.69) is 47.7 Å². The zero-order valence-corrected chi connectivity index (χ0v) is 17.5. The molecule has 0 saturated heterocycles. The first-order chi connectivity index (χ1) is 10.3. The van der Waals surface area contributed by atoms with Crippen LogP contribution in [0.3, 0.4) is 0 Å². The minimum atomic E-state index is -2.90. The van der Waals surface area contributed by atoms with Crippen LogP contribution in [0, 0.1) is 13.8 Å². The van der Waals surface area contributed by atoms with Gasteiger partial charge in [-0.1, -0.05) is 23.8 Å². The highest BCUT2D eigenvalue weighted by atomic mass is 127. The fourth-order valence-corrected chi connectivity index (χ4v) is 2.74. The molecule has 23 heavy (non-hydrogen) atoms. The second kappa shape index (κ2) is 10.9. The molecule has 0 aliphatic rings. The van der Waals surface area contributed by atoms with Crippen LogP contribution in [0.5, 0.6) is 0 Å². The highest BCUT2D eigenvalue weighted by Gasteiger charge is 2.03. The van der Waals surface area contributed by atoms with Crippen molar-refractivity contribution < 1.29 is 8.42 Å². The molecule has 0 aromatic heterocycles. The minimum Gasteiger partial charge on any atom is -0.357 e. The fraction of sp³-hybridized carbons (Fsp3) is 0.562. The number of halogens is 1. The summed E-state index contributed by atoms with van der Waals surface area (Å²) in [6.07, 6.45) is 1.83. The number of hydrogen-bond donors (Lipinski definition) is 2. The summed E-state index contributed by atoms with van der Waals surface area (Å²) in [6.45, 7) is 8.13. The van der Waals surface area contributed by atoms with E-state index in [1.165, 1.54) is 22.9 Å². The summed E-state index contributed by atoms with van der Waals surface area (Å²) in [7, 11) is -2.90. The molecule has 7 heteroatoms. The van der Waals surface area contributed by atoms with Crippen molar-refractivity contribution in [1.82, 2.24) is 10.6 Å². The van der Waals surface area contributed by atoms with E-state index in [0.29, 0.717) is 19.5 Å². The molecule has 0 unspecified atom stereocenters. The van der Waals surface area contributed by atoms with Crippen molar-refractivity contribution in [3.05, 3.63) is 34.9 Å². The van der Waals surface area contributed by atoms with Crippen LogP contribution < -0.4 is 10.6 Å². The Morgan fingerprint density at radius 2 is 1.91 bits per heavy atom. The summed E-state index contributed by atoms with van der Waals surface area (Å²) in [5, 5.41) is 6.34. The van der Waals surface area contributed by atoms with Gasteiger partial charge in [0.2, 0.25) is 0 Å². The summed E-state index contributed by atoms with van der Waals surface area (Å²) in [6, 6.07) is 6.34. The molecular formula is C16H28IN3O2S. The molecule has 1 aromatic carbocycles. The van der Waals surface area contributed by atoms with Crippen LogP contribution in [-0.2, 0) is 16.4 Å². The second-order valence-electron chi connectivity index (χ2n) is 5.54. The van der Waals surface area contributed by atoms with Gasteiger partial charge in [0.1, 0.15) is 9.84 Å². The lowest BCUT2D eigenvalue weighted by atomic mass is 10.1. The summed E-state index contributed by atoms with van der Waals surface area (Å²) in [4.78, 5) is 4.55. The van der Waals surface area contributed by atoms with Crippen LogP contribution in [0.1, 0.15) is 30.0 Å². The number of sulfone groups is 1. The Balaban J connectivity index is 0.00000484. The molecule has 1 aromatic rings. The van der Waals surface area contributed by atoms with Gasteiger partial charge in [-0.25, -0.2) is 13.4 Å². The van der Waals surface area contributed by atoms with Gasteiger partial charge in [-0.05, 0) is 38.3 Å². The highest BCUT2D eigenvalue weighted by Crippen LogP contribution is 2.11. The lowest BCUT2D eigenvalue weighted by Gasteiger charge is -2.11. The van der Waals surface area contributed by atoms with Gasteiger partial charge in [-0.15, -0.1) is 24.0 Å². The summed E-state index contributed by atoms with van der Waals surface area (Å²) in [5.41, 5.74) is 3.67. The zero-order valence-electron chi connectivity index (χ0n) is 14.3. The quantitative estimate of drug-likeness (QED) is 0.288. The predicted octanol–water partition coefficient (Wildman–Crippen LogP) is 2.41. The lowest BCUT2D eigenvalue weighted by molar-refractivity contribution is 0.598. The molecule has 0 amide bonds. The van der Waals surface area contributed by atoms with E-state index in [9.17, 15) is 8.42 Å². The molecule has 0 bridgehead atoms. The third-order valence-electron chi connectivity index (χ3n) is 3.23. The van der Waals surface area contributed by atoms with Crippen molar-refractivity contribution in [3.8, 4) is 0 Å². The number of nitrogens with zero attached hydrogens (tertiary/aromatic N) is 1. The van der Waals surface area contributed by atoms with Gasteiger partial charge < -0.3 is 10.6 Å². The van der Waals surface area contributed by atoms with Crippen molar-refractivity contribution in [2.24, 2.45) is 4.99 Å². The van der Waals surface area contributed by atoms with Gasteiger partial charge in [0.05, 0.1) is 12.3 Å². The van der Waals surface area contributed by atoms with Crippen molar-refractivity contribution in [1.29, 1.82) is 0 Å². The second-order valence-corrected chi connectivity index (χ2v) is 7.80. The molecule has 0 heterocycles. The number of guanidine groups is 1. The number of rotatable bonds is 7. The van der Waals surface area contributed by atoms with Crippen LogP contribution in [0.4, 0.5) is 0 Å². The van der Waals surface area contributed by atoms with Crippen LogP contribution in [0.2, 0.25) is 0 Å². The molecule has 0 saturated carbocycles. The van der Waals surface area contributed by atoms with Gasteiger partial charge in [0, 0.05) is 19.3 Å². The fourth-order valence-electron chi connectivity index (χ4n) is 2.07. The minimum absolute atomic E-state index is 0. The van der Waals surface area contributed by atoms with E-state index in [0.717, 1.165) is 12.5 Å². The smallest absolute Gasteiger partial charge is 0.191 e. The Kier molecular flexibility index (Phi) is 10.5. The van der Waals surface area contributed by atoms with Crippen LogP contribution in [-0.4, -0.2) is 39.5 Å². The number of aryl methyl sites for hydroxylation is 2. The van der Waals surface area contributed by atoms with Crippen LogP contribution in [0.25, 0.3) is 0 Å². The molecule has 2 N–H and O–H groups in total. The van der Waals surface area contributed by atoms with Gasteiger partial charge in [0.15, 0.2) is 5.96 Å². The first-order valence-electron chi connectivity index (χ1n) is 7.58. The van der Waals surface area contributed by atoms with Gasteiger partial charge in [-0.3, -0.25) is 0 Å². The molecule has 0 radical (unpaired) electrons. The molecule has 0 atom stereocenters.